The van der Waals surface area contributed by atoms with E-state index in [2.05, 4.69) is 10.5 Å². The lowest BCUT2D eigenvalue weighted by molar-refractivity contribution is -0.145. The standard InChI is InChI=1S/C25H24N2O5/c1-2-31-23(28)18-32-22-16-10-9-11-19(22)17-26-27-24(29)25(30,20-12-5-3-6-13-20)21-14-7-4-8-15-21/h3-17,30H,2,18H2,1H3,(H,27,29)/b26-17-. The van der Waals surface area contributed by atoms with Crippen LogP contribution in [0.5, 0.6) is 5.75 Å². The Morgan fingerprint density at radius 2 is 1.50 bits per heavy atom. The third kappa shape index (κ3) is 5.39. The minimum absolute atomic E-state index is 0.243. The molecular formula is C25H24N2O5. The molecule has 3 aromatic carbocycles. The highest BCUT2D eigenvalue weighted by Gasteiger charge is 2.39. The number of carbonyl (C=O) groups excluding carboxylic acids is 2. The quantitative estimate of drug-likeness (QED) is 0.308. The number of esters is 1. The van der Waals surface area contributed by atoms with E-state index in [1.807, 2.05) is 0 Å². The number of nitrogens with one attached hydrogen (secondary N) is 1. The van der Waals surface area contributed by atoms with Crippen LogP contribution in [0.4, 0.5) is 0 Å². The monoisotopic (exact) mass is 432 g/mol. The molecule has 0 heterocycles. The number of carbonyl (C=O) groups is 2. The van der Waals surface area contributed by atoms with Gasteiger partial charge in [-0.05, 0) is 30.2 Å². The van der Waals surface area contributed by atoms with Crippen LogP contribution in [0.25, 0.3) is 0 Å². The Kier molecular flexibility index (Phi) is 7.72. The van der Waals surface area contributed by atoms with Gasteiger partial charge in [-0.2, -0.15) is 5.10 Å². The van der Waals surface area contributed by atoms with Gasteiger partial charge in [-0.3, -0.25) is 4.79 Å². The van der Waals surface area contributed by atoms with Crippen LogP contribution in [-0.4, -0.2) is 36.4 Å². The average Bonchev–Trinajstić information content (AvgIpc) is 2.84. The first-order valence-corrected chi connectivity index (χ1v) is 10.1. The van der Waals surface area contributed by atoms with Gasteiger partial charge in [0.2, 0.25) is 0 Å². The Labute approximate surface area is 186 Å². The molecule has 7 nitrogen and oxygen atoms in total. The van der Waals surface area contributed by atoms with Crippen LogP contribution in [0.3, 0.4) is 0 Å². The molecule has 1 amide bonds. The molecule has 0 bridgehead atoms. The fourth-order valence-electron chi connectivity index (χ4n) is 3.09. The summed E-state index contributed by atoms with van der Waals surface area (Å²) >= 11 is 0. The molecule has 0 atom stereocenters. The van der Waals surface area contributed by atoms with Crippen molar-refractivity contribution < 1.29 is 24.2 Å². The second-order valence-electron chi connectivity index (χ2n) is 6.77. The number of hydrazone groups is 1. The van der Waals surface area contributed by atoms with Gasteiger partial charge in [0.25, 0.3) is 5.91 Å². The summed E-state index contributed by atoms with van der Waals surface area (Å²) in [6.07, 6.45) is 1.38. The van der Waals surface area contributed by atoms with Crippen molar-refractivity contribution in [3.05, 3.63) is 102 Å². The van der Waals surface area contributed by atoms with E-state index in [-0.39, 0.29) is 13.2 Å². The lowest BCUT2D eigenvalue weighted by Crippen LogP contribution is -2.43. The van der Waals surface area contributed by atoms with Gasteiger partial charge in [0.15, 0.2) is 12.2 Å². The molecule has 7 heteroatoms. The second-order valence-corrected chi connectivity index (χ2v) is 6.77. The third-order valence-electron chi connectivity index (χ3n) is 4.65. The van der Waals surface area contributed by atoms with E-state index in [4.69, 9.17) is 9.47 Å². The van der Waals surface area contributed by atoms with E-state index < -0.39 is 17.5 Å². The van der Waals surface area contributed by atoms with Gasteiger partial charge in [-0.1, -0.05) is 72.8 Å². The Hall–Kier alpha value is -3.97. The maximum Gasteiger partial charge on any atom is 0.344 e. The Balaban J connectivity index is 1.78. The van der Waals surface area contributed by atoms with Crippen molar-refractivity contribution in [2.75, 3.05) is 13.2 Å². The van der Waals surface area contributed by atoms with E-state index in [0.29, 0.717) is 22.4 Å². The van der Waals surface area contributed by atoms with E-state index in [1.165, 1.54) is 6.21 Å². The number of benzene rings is 3. The van der Waals surface area contributed by atoms with Crippen molar-refractivity contribution in [1.29, 1.82) is 0 Å². The van der Waals surface area contributed by atoms with Crippen LogP contribution >= 0.6 is 0 Å². The van der Waals surface area contributed by atoms with Crippen molar-refractivity contribution in [2.45, 2.75) is 12.5 Å². The summed E-state index contributed by atoms with van der Waals surface area (Å²) in [4.78, 5) is 24.6. The van der Waals surface area contributed by atoms with Gasteiger partial charge in [-0.15, -0.1) is 0 Å². The minimum Gasteiger partial charge on any atom is -0.481 e. The molecule has 3 aromatic rings. The summed E-state index contributed by atoms with van der Waals surface area (Å²) in [5.74, 6) is -0.792. The van der Waals surface area contributed by atoms with Crippen molar-refractivity contribution in [3.63, 3.8) is 0 Å². The predicted molar refractivity (Wildman–Crippen MR) is 120 cm³/mol. The third-order valence-corrected chi connectivity index (χ3v) is 4.65. The first kappa shape index (κ1) is 22.7. The van der Waals surface area contributed by atoms with Crippen LogP contribution in [0, 0.1) is 0 Å². The smallest absolute Gasteiger partial charge is 0.344 e. The molecule has 0 aromatic heterocycles. The fraction of sp³-hybridized carbons (Fsp3) is 0.160. The van der Waals surface area contributed by atoms with Crippen LogP contribution in [0.15, 0.2) is 90.0 Å². The maximum atomic E-state index is 13.1. The Morgan fingerprint density at radius 3 is 2.09 bits per heavy atom. The molecule has 0 fully saturated rings. The van der Waals surface area contributed by atoms with Gasteiger partial charge in [0, 0.05) is 5.56 Å². The molecule has 164 valence electrons. The molecular weight excluding hydrogens is 408 g/mol. The number of ether oxygens (including phenoxy) is 2. The minimum atomic E-state index is -1.93. The van der Waals surface area contributed by atoms with Crippen LogP contribution in [0.2, 0.25) is 0 Å². The van der Waals surface area contributed by atoms with Crippen LogP contribution in [-0.2, 0) is 19.9 Å². The predicted octanol–water partition coefficient (Wildman–Crippen LogP) is 3.01. The lowest BCUT2D eigenvalue weighted by Gasteiger charge is -2.27. The maximum absolute atomic E-state index is 13.1. The van der Waals surface area contributed by atoms with Gasteiger partial charge in [-0.25, -0.2) is 10.2 Å². The molecule has 32 heavy (non-hydrogen) atoms. The molecule has 2 N–H and O–H groups in total. The summed E-state index contributed by atoms with van der Waals surface area (Å²) < 4.78 is 10.3. The van der Waals surface area contributed by atoms with Crippen molar-refractivity contribution in [3.8, 4) is 5.75 Å². The molecule has 0 spiro atoms. The number of para-hydroxylation sites is 1. The Morgan fingerprint density at radius 1 is 0.938 bits per heavy atom. The molecule has 3 rings (SSSR count). The first-order valence-electron chi connectivity index (χ1n) is 10.1. The number of aliphatic hydroxyl groups is 1. The normalized spacial score (nSPS) is 11.2. The SMILES string of the molecule is CCOC(=O)COc1ccccc1/C=N\NC(=O)C(O)(c1ccccc1)c1ccccc1. The zero-order valence-corrected chi connectivity index (χ0v) is 17.6. The van der Waals surface area contributed by atoms with Gasteiger partial charge in [0.05, 0.1) is 12.8 Å². The summed E-state index contributed by atoms with van der Waals surface area (Å²) in [7, 11) is 0. The van der Waals surface area contributed by atoms with Crippen molar-refractivity contribution in [1.82, 2.24) is 5.43 Å². The number of amides is 1. The highest BCUT2D eigenvalue weighted by molar-refractivity contribution is 5.91. The molecule has 0 aliphatic rings. The number of rotatable bonds is 9. The van der Waals surface area contributed by atoms with Gasteiger partial charge < -0.3 is 14.6 Å². The van der Waals surface area contributed by atoms with Crippen LogP contribution in [0.1, 0.15) is 23.6 Å². The zero-order valence-electron chi connectivity index (χ0n) is 17.6. The summed E-state index contributed by atoms with van der Waals surface area (Å²) in [6, 6.07) is 24.2. The molecule has 0 unspecified atom stereocenters. The lowest BCUT2D eigenvalue weighted by atomic mass is 9.85. The van der Waals surface area contributed by atoms with E-state index >= 15 is 0 Å². The number of hydrogen-bond donors (Lipinski definition) is 2. The molecule has 0 radical (unpaired) electrons. The highest BCUT2D eigenvalue weighted by atomic mass is 16.6. The van der Waals surface area contributed by atoms with Crippen molar-refractivity contribution in [2.24, 2.45) is 5.10 Å². The van der Waals surface area contributed by atoms with E-state index in [9.17, 15) is 14.7 Å². The second kappa shape index (κ2) is 10.9. The van der Waals surface area contributed by atoms with Crippen LogP contribution < -0.4 is 10.2 Å². The molecule has 0 aliphatic heterocycles. The summed E-state index contributed by atoms with van der Waals surface area (Å²) in [6.45, 7) is 1.74. The summed E-state index contributed by atoms with van der Waals surface area (Å²) in [5, 5.41) is 15.4. The van der Waals surface area contributed by atoms with Gasteiger partial charge >= 0.3 is 5.97 Å². The topological polar surface area (TPSA) is 97.2 Å². The zero-order chi connectivity index (χ0) is 22.8. The number of nitrogens with zero attached hydrogens (tertiary/aromatic N) is 1. The average molecular weight is 432 g/mol. The highest BCUT2D eigenvalue weighted by Crippen LogP contribution is 2.29. The van der Waals surface area contributed by atoms with Crippen molar-refractivity contribution >= 4 is 18.1 Å². The fourth-order valence-corrected chi connectivity index (χ4v) is 3.09. The largest absolute Gasteiger partial charge is 0.481 e. The number of hydrogen-bond acceptors (Lipinski definition) is 6. The van der Waals surface area contributed by atoms with E-state index in [1.54, 1.807) is 91.9 Å². The molecule has 0 aliphatic carbocycles. The molecule has 0 saturated carbocycles. The Bertz CT molecular complexity index is 1030. The molecule has 0 saturated heterocycles. The van der Waals surface area contributed by atoms with Gasteiger partial charge in [0.1, 0.15) is 5.75 Å². The first-order chi connectivity index (χ1) is 15.6. The summed E-state index contributed by atoms with van der Waals surface area (Å²) in [5.41, 5.74) is 1.85. The van der Waals surface area contributed by atoms with E-state index in [0.717, 1.165) is 0 Å².